The highest BCUT2D eigenvalue weighted by molar-refractivity contribution is 7.15. The van der Waals surface area contributed by atoms with E-state index in [1.54, 1.807) is 23.0 Å². The molecule has 5 nitrogen and oxygen atoms in total. The summed E-state index contributed by atoms with van der Waals surface area (Å²) < 4.78 is 1.76. The fourth-order valence-corrected chi connectivity index (χ4v) is 2.48. The van der Waals surface area contributed by atoms with E-state index in [4.69, 9.17) is 0 Å². The Bertz CT molecular complexity index is 574. The van der Waals surface area contributed by atoms with Gasteiger partial charge >= 0.3 is 0 Å². The molecule has 6 heteroatoms. The third-order valence-corrected chi connectivity index (χ3v) is 3.76. The Morgan fingerprint density at radius 2 is 2.16 bits per heavy atom. The lowest BCUT2D eigenvalue weighted by Crippen LogP contribution is -2.35. The first-order chi connectivity index (χ1) is 9.06. The van der Waals surface area contributed by atoms with Crippen molar-refractivity contribution < 1.29 is 9.59 Å². The van der Waals surface area contributed by atoms with E-state index in [9.17, 15) is 9.59 Å². The summed E-state index contributed by atoms with van der Waals surface area (Å²) in [7, 11) is 0. The number of carbonyl (C=O) groups is 2. The van der Waals surface area contributed by atoms with Crippen molar-refractivity contribution in [1.29, 1.82) is 0 Å². The summed E-state index contributed by atoms with van der Waals surface area (Å²) in [5.74, 6) is -0.175. The molecule has 0 spiro atoms. The third-order valence-electron chi connectivity index (χ3n) is 2.57. The maximum Gasteiger partial charge on any atom is 0.261 e. The smallest absolute Gasteiger partial charge is 0.261 e. The molecule has 2 rings (SSSR count). The topological polar surface area (TPSA) is 64.0 Å². The lowest BCUT2D eigenvalue weighted by Gasteiger charge is -2.13. The van der Waals surface area contributed by atoms with E-state index in [-0.39, 0.29) is 17.7 Å². The second-order valence-corrected chi connectivity index (χ2v) is 5.41. The van der Waals surface area contributed by atoms with Crippen molar-refractivity contribution in [3.05, 3.63) is 40.3 Å². The van der Waals surface area contributed by atoms with Crippen LogP contribution in [0.3, 0.4) is 0 Å². The van der Waals surface area contributed by atoms with E-state index >= 15 is 0 Å². The van der Waals surface area contributed by atoms with Gasteiger partial charge in [-0.2, -0.15) is 5.10 Å². The Labute approximate surface area is 115 Å². The van der Waals surface area contributed by atoms with Gasteiger partial charge in [-0.05, 0) is 32.0 Å². The van der Waals surface area contributed by atoms with Crippen molar-refractivity contribution in [3.63, 3.8) is 0 Å². The van der Waals surface area contributed by atoms with Crippen LogP contribution in [0.4, 0.5) is 0 Å². The Morgan fingerprint density at radius 3 is 2.74 bits per heavy atom. The average Bonchev–Trinajstić information content (AvgIpc) is 2.98. The molecule has 0 aliphatic heterocycles. The van der Waals surface area contributed by atoms with Crippen LogP contribution in [-0.4, -0.2) is 27.5 Å². The maximum atomic E-state index is 12.0. The summed E-state index contributed by atoms with van der Waals surface area (Å²) in [4.78, 5) is 24.3. The van der Waals surface area contributed by atoms with Crippen molar-refractivity contribution in [2.45, 2.75) is 26.4 Å². The minimum Gasteiger partial charge on any atom is -0.347 e. The molecule has 0 aliphatic rings. The van der Waals surface area contributed by atoms with Crippen molar-refractivity contribution >= 4 is 23.0 Å². The van der Waals surface area contributed by atoms with E-state index in [0.717, 1.165) is 0 Å². The van der Waals surface area contributed by atoms with Gasteiger partial charge in [0, 0.05) is 18.4 Å². The Morgan fingerprint density at radius 1 is 1.42 bits per heavy atom. The molecule has 1 N–H and O–H groups in total. The molecular weight excluding hydrogens is 262 g/mol. The third kappa shape index (κ3) is 3.51. The van der Waals surface area contributed by atoms with Gasteiger partial charge in [0.2, 0.25) is 0 Å². The van der Waals surface area contributed by atoms with Crippen LogP contribution < -0.4 is 5.32 Å². The SMILES string of the molecule is CC(=O)c1ccc(C(=O)NC(C)Cn2cccn2)s1. The summed E-state index contributed by atoms with van der Waals surface area (Å²) in [5, 5.41) is 6.97. The van der Waals surface area contributed by atoms with Gasteiger partial charge in [-0.15, -0.1) is 11.3 Å². The largest absolute Gasteiger partial charge is 0.347 e. The number of rotatable bonds is 5. The van der Waals surface area contributed by atoms with Gasteiger partial charge in [-0.1, -0.05) is 0 Å². The number of thiophene rings is 1. The minimum absolute atomic E-state index is 0.0198. The average molecular weight is 277 g/mol. The molecule has 2 aromatic heterocycles. The number of hydrogen-bond acceptors (Lipinski definition) is 4. The van der Waals surface area contributed by atoms with Crippen LogP contribution >= 0.6 is 11.3 Å². The molecule has 0 saturated heterocycles. The van der Waals surface area contributed by atoms with Gasteiger partial charge < -0.3 is 5.32 Å². The standard InChI is InChI=1S/C13H15N3O2S/c1-9(8-16-7-3-6-14-16)15-13(18)12-5-4-11(19-12)10(2)17/h3-7,9H,8H2,1-2H3,(H,15,18). The normalized spacial score (nSPS) is 12.1. The van der Waals surface area contributed by atoms with Crippen molar-refractivity contribution in [3.8, 4) is 0 Å². The fourth-order valence-electron chi connectivity index (χ4n) is 1.68. The van der Waals surface area contributed by atoms with Crippen LogP contribution in [0, 0.1) is 0 Å². The summed E-state index contributed by atoms with van der Waals surface area (Å²) >= 11 is 1.22. The van der Waals surface area contributed by atoms with E-state index in [0.29, 0.717) is 16.3 Å². The predicted molar refractivity (Wildman–Crippen MR) is 73.5 cm³/mol. The van der Waals surface area contributed by atoms with Crippen LogP contribution in [-0.2, 0) is 6.54 Å². The van der Waals surface area contributed by atoms with Crippen LogP contribution in [0.1, 0.15) is 33.2 Å². The number of nitrogens with zero attached hydrogens (tertiary/aromatic N) is 2. The molecular formula is C13H15N3O2S. The van der Waals surface area contributed by atoms with Crippen LogP contribution in [0.25, 0.3) is 0 Å². The Kier molecular flexibility index (Phi) is 4.11. The highest BCUT2D eigenvalue weighted by atomic mass is 32.1. The zero-order chi connectivity index (χ0) is 13.8. The number of carbonyl (C=O) groups excluding carboxylic acids is 2. The second kappa shape index (κ2) is 5.79. The van der Waals surface area contributed by atoms with Crippen molar-refractivity contribution in [1.82, 2.24) is 15.1 Å². The fraction of sp³-hybridized carbons (Fsp3) is 0.308. The van der Waals surface area contributed by atoms with E-state index in [1.807, 2.05) is 19.2 Å². The number of aromatic nitrogens is 2. The first-order valence-electron chi connectivity index (χ1n) is 5.95. The molecule has 1 amide bonds. The summed E-state index contributed by atoms with van der Waals surface area (Å²) in [5.41, 5.74) is 0. The molecule has 0 aromatic carbocycles. The van der Waals surface area contributed by atoms with Crippen molar-refractivity contribution in [2.24, 2.45) is 0 Å². The summed E-state index contributed by atoms with van der Waals surface area (Å²) in [6.07, 6.45) is 3.55. The van der Waals surface area contributed by atoms with Gasteiger partial charge in [0.15, 0.2) is 5.78 Å². The number of amides is 1. The molecule has 19 heavy (non-hydrogen) atoms. The molecule has 0 fully saturated rings. The molecule has 0 bridgehead atoms. The minimum atomic E-state index is -0.155. The quantitative estimate of drug-likeness (QED) is 0.850. The lowest BCUT2D eigenvalue weighted by atomic mass is 10.3. The van der Waals surface area contributed by atoms with E-state index in [2.05, 4.69) is 10.4 Å². The monoisotopic (exact) mass is 277 g/mol. The first kappa shape index (κ1) is 13.5. The number of Topliss-reactive ketones (excluding diaryl/α,β-unsaturated/α-hetero) is 1. The van der Waals surface area contributed by atoms with Crippen molar-refractivity contribution in [2.75, 3.05) is 0 Å². The molecule has 1 atom stereocenters. The van der Waals surface area contributed by atoms with Crippen LogP contribution in [0.15, 0.2) is 30.6 Å². The summed E-state index contributed by atoms with van der Waals surface area (Å²) in [6, 6.07) is 5.17. The zero-order valence-electron chi connectivity index (χ0n) is 10.8. The molecule has 2 heterocycles. The zero-order valence-corrected chi connectivity index (χ0v) is 11.6. The molecule has 100 valence electrons. The van der Waals surface area contributed by atoms with Crippen LogP contribution in [0.2, 0.25) is 0 Å². The number of nitrogens with one attached hydrogen (secondary N) is 1. The Hall–Kier alpha value is -1.95. The van der Waals surface area contributed by atoms with E-state index in [1.165, 1.54) is 18.3 Å². The number of ketones is 1. The van der Waals surface area contributed by atoms with Crippen LogP contribution in [0.5, 0.6) is 0 Å². The molecule has 1 unspecified atom stereocenters. The predicted octanol–water partition coefficient (Wildman–Crippen LogP) is 1.97. The maximum absolute atomic E-state index is 12.0. The first-order valence-corrected chi connectivity index (χ1v) is 6.77. The van der Waals surface area contributed by atoms with Gasteiger partial charge in [0.05, 0.1) is 16.3 Å². The van der Waals surface area contributed by atoms with Gasteiger partial charge in [-0.3, -0.25) is 14.3 Å². The molecule has 0 aliphatic carbocycles. The number of hydrogen-bond donors (Lipinski definition) is 1. The highest BCUT2D eigenvalue weighted by Gasteiger charge is 2.13. The molecule has 0 radical (unpaired) electrons. The highest BCUT2D eigenvalue weighted by Crippen LogP contribution is 2.16. The second-order valence-electron chi connectivity index (χ2n) is 4.32. The van der Waals surface area contributed by atoms with Gasteiger partial charge in [0.1, 0.15) is 0 Å². The van der Waals surface area contributed by atoms with E-state index < -0.39 is 0 Å². The van der Waals surface area contributed by atoms with Gasteiger partial charge in [0.25, 0.3) is 5.91 Å². The Balaban J connectivity index is 1.94. The summed E-state index contributed by atoms with van der Waals surface area (Å²) in [6.45, 7) is 4.02. The molecule has 2 aromatic rings. The lowest BCUT2D eigenvalue weighted by molar-refractivity contribution is 0.0939. The molecule has 0 saturated carbocycles. The van der Waals surface area contributed by atoms with Gasteiger partial charge in [-0.25, -0.2) is 0 Å².